The van der Waals surface area contributed by atoms with Crippen LogP contribution in [0.1, 0.15) is 50.9 Å². The van der Waals surface area contributed by atoms with E-state index < -0.39 is 0 Å². The van der Waals surface area contributed by atoms with Crippen molar-refractivity contribution in [2.24, 2.45) is 0 Å². The van der Waals surface area contributed by atoms with Crippen LogP contribution in [0.25, 0.3) is 5.69 Å². The van der Waals surface area contributed by atoms with Crippen molar-refractivity contribution >= 4 is 23.4 Å². The zero-order valence-corrected chi connectivity index (χ0v) is 20.8. The van der Waals surface area contributed by atoms with Gasteiger partial charge in [0.15, 0.2) is 11.0 Å². The first-order valence-corrected chi connectivity index (χ1v) is 12.8. The van der Waals surface area contributed by atoms with Gasteiger partial charge >= 0.3 is 0 Å². The molecule has 1 heterocycles. The second-order valence-electron chi connectivity index (χ2n) is 8.97. The number of amides is 1. The van der Waals surface area contributed by atoms with Gasteiger partial charge in [0.05, 0.1) is 11.8 Å². The van der Waals surface area contributed by atoms with Crippen molar-refractivity contribution in [3.8, 4) is 5.69 Å². The second kappa shape index (κ2) is 11.1. The highest BCUT2D eigenvalue weighted by Gasteiger charge is 2.28. The standard InChI is InChI=1S/C26H32FN5OS/c1-19(30(2)3)25-28-29-26(32(25)23-16-14-20(27)15-17-23)34-18-24(33)31(21-10-6-4-7-11-21)22-12-8-5-9-13-22/h4,6-7,10-11,14-17,19,22H,5,8-9,12-13,18H2,1-3H3/t19-/m1/s1. The summed E-state index contributed by atoms with van der Waals surface area (Å²) in [6, 6.07) is 16.5. The maximum Gasteiger partial charge on any atom is 0.237 e. The molecule has 34 heavy (non-hydrogen) atoms. The first kappa shape index (κ1) is 24.4. The minimum Gasteiger partial charge on any atom is -0.309 e. The van der Waals surface area contributed by atoms with Crippen molar-refractivity contribution < 1.29 is 9.18 Å². The van der Waals surface area contributed by atoms with Crippen LogP contribution in [0.2, 0.25) is 0 Å². The number of carbonyl (C=O) groups excluding carboxylic acids is 1. The van der Waals surface area contributed by atoms with E-state index in [2.05, 4.69) is 10.2 Å². The number of carbonyl (C=O) groups is 1. The van der Waals surface area contributed by atoms with E-state index in [1.54, 1.807) is 12.1 Å². The summed E-state index contributed by atoms with van der Waals surface area (Å²) in [5.41, 5.74) is 1.72. The van der Waals surface area contributed by atoms with Crippen LogP contribution in [-0.2, 0) is 4.79 Å². The first-order chi connectivity index (χ1) is 16.5. The summed E-state index contributed by atoms with van der Waals surface area (Å²) in [7, 11) is 3.96. The minimum atomic E-state index is -0.297. The van der Waals surface area contributed by atoms with E-state index in [-0.39, 0.29) is 29.6 Å². The smallest absolute Gasteiger partial charge is 0.237 e. The molecule has 1 aromatic heterocycles. The zero-order chi connectivity index (χ0) is 24.1. The molecule has 0 unspecified atom stereocenters. The van der Waals surface area contributed by atoms with E-state index in [0.717, 1.165) is 42.9 Å². The van der Waals surface area contributed by atoms with E-state index in [1.807, 2.05) is 65.7 Å². The number of halogens is 1. The number of aromatic nitrogens is 3. The predicted octanol–water partition coefficient (Wildman–Crippen LogP) is 5.49. The Balaban J connectivity index is 1.60. The number of hydrogen-bond acceptors (Lipinski definition) is 5. The number of rotatable bonds is 8. The summed E-state index contributed by atoms with van der Waals surface area (Å²) in [5.74, 6) is 0.772. The van der Waals surface area contributed by atoms with Crippen LogP contribution >= 0.6 is 11.8 Å². The van der Waals surface area contributed by atoms with Gasteiger partial charge in [0.1, 0.15) is 5.82 Å². The van der Waals surface area contributed by atoms with Crippen molar-refractivity contribution in [1.82, 2.24) is 19.7 Å². The molecular formula is C26H32FN5OS. The summed E-state index contributed by atoms with van der Waals surface area (Å²) in [5, 5.41) is 9.48. The van der Waals surface area contributed by atoms with Gasteiger partial charge in [-0.25, -0.2) is 4.39 Å². The fourth-order valence-corrected chi connectivity index (χ4v) is 5.21. The molecule has 1 atom stereocenters. The second-order valence-corrected chi connectivity index (χ2v) is 9.91. The molecule has 3 aromatic rings. The molecule has 0 N–H and O–H groups in total. The van der Waals surface area contributed by atoms with Crippen LogP contribution < -0.4 is 4.90 Å². The van der Waals surface area contributed by atoms with Crippen molar-refractivity contribution in [1.29, 1.82) is 0 Å². The third kappa shape index (κ3) is 5.50. The fraction of sp³-hybridized carbons (Fsp3) is 0.423. The number of nitrogens with zero attached hydrogens (tertiary/aromatic N) is 5. The maximum atomic E-state index is 13.6. The van der Waals surface area contributed by atoms with Crippen molar-refractivity contribution in [2.45, 2.75) is 56.3 Å². The zero-order valence-electron chi connectivity index (χ0n) is 20.0. The highest BCUT2D eigenvalue weighted by atomic mass is 32.2. The highest BCUT2D eigenvalue weighted by molar-refractivity contribution is 7.99. The Hall–Kier alpha value is -2.71. The molecule has 1 fully saturated rings. The predicted molar refractivity (Wildman–Crippen MR) is 135 cm³/mol. The number of benzene rings is 2. The SMILES string of the molecule is C[C@H](c1nnc(SCC(=O)N(c2ccccc2)C2CCCCC2)n1-c1ccc(F)cc1)N(C)C. The summed E-state index contributed by atoms with van der Waals surface area (Å²) in [6.07, 6.45) is 5.59. The van der Waals surface area contributed by atoms with Crippen LogP contribution in [-0.4, -0.2) is 51.5 Å². The van der Waals surface area contributed by atoms with E-state index in [0.29, 0.717) is 5.16 Å². The lowest BCUT2D eigenvalue weighted by atomic mass is 9.93. The van der Waals surface area contributed by atoms with Gasteiger partial charge in [0.2, 0.25) is 5.91 Å². The highest BCUT2D eigenvalue weighted by Crippen LogP contribution is 2.30. The molecule has 0 saturated heterocycles. The van der Waals surface area contributed by atoms with E-state index >= 15 is 0 Å². The van der Waals surface area contributed by atoms with Gasteiger partial charge < -0.3 is 4.90 Å². The number of hydrogen-bond donors (Lipinski definition) is 0. The van der Waals surface area contributed by atoms with Crippen LogP contribution in [0.5, 0.6) is 0 Å². The van der Waals surface area contributed by atoms with Crippen molar-refractivity contribution in [3.63, 3.8) is 0 Å². The van der Waals surface area contributed by atoms with E-state index in [4.69, 9.17) is 0 Å². The Kier molecular flexibility index (Phi) is 8.00. The van der Waals surface area contributed by atoms with E-state index in [9.17, 15) is 9.18 Å². The topological polar surface area (TPSA) is 54.3 Å². The van der Waals surface area contributed by atoms with Gasteiger partial charge in [-0.2, -0.15) is 0 Å². The minimum absolute atomic E-state index is 0.00865. The first-order valence-electron chi connectivity index (χ1n) is 11.8. The lowest BCUT2D eigenvalue weighted by Gasteiger charge is -2.34. The molecule has 8 heteroatoms. The third-order valence-electron chi connectivity index (χ3n) is 6.46. The Labute approximate surface area is 205 Å². The molecule has 0 aliphatic heterocycles. The van der Waals surface area contributed by atoms with Gasteiger partial charge in [0.25, 0.3) is 0 Å². The van der Waals surface area contributed by atoms with E-state index in [1.165, 1.54) is 30.3 Å². The fourth-order valence-electron chi connectivity index (χ4n) is 4.39. The largest absolute Gasteiger partial charge is 0.309 e. The van der Waals surface area contributed by atoms with Gasteiger partial charge in [-0.15, -0.1) is 10.2 Å². The van der Waals surface area contributed by atoms with Crippen LogP contribution in [0.4, 0.5) is 10.1 Å². The third-order valence-corrected chi connectivity index (χ3v) is 7.37. The molecule has 1 aliphatic rings. The Morgan fingerprint density at radius 3 is 2.38 bits per heavy atom. The van der Waals surface area contributed by atoms with Gasteiger partial charge in [-0.05, 0) is 70.3 Å². The lowest BCUT2D eigenvalue weighted by molar-refractivity contribution is -0.116. The Morgan fingerprint density at radius 1 is 1.06 bits per heavy atom. The number of para-hydroxylation sites is 1. The van der Waals surface area contributed by atoms with Crippen LogP contribution in [0, 0.1) is 5.82 Å². The Bertz CT molecular complexity index is 1080. The molecule has 6 nitrogen and oxygen atoms in total. The summed E-state index contributed by atoms with van der Waals surface area (Å²) < 4.78 is 15.5. The van der Waals surface area contributed by atoms with Crippen molar-refractivity contribution in [3.05, 3.63) is 66.2 Å². The summed E-state index contributed by atoms with van der Waals surface area (Å²) in [6.45, 7) is 2.05. The molecule has 1 saturated carbocycles. The lowest BCUT2D eigenvalue weighted by Crippen LogP contribution is -2.42. The number of anilines is 1. The molecule has 1 amide bonds. The van der Waals surface area contributed by atoms with Gasteiger partial charge in [0, 0.05) is 17.4 Å². The van der Waals surface area contributed by atoms with Crippen LogP contribution in [0.15, 0.2) is 59.8 Å². The number of thioether (sulfide) groups is 1. The molecule has 0 radical (unpaired) electrons. The molecule has 0 bridgehead atoms. The summed E-state index contributed by atoms with van der Waals surface area (Å²) in [4.78, 5) is 17.6. The monoisotopic (exact) mass is 481 g/mol. The molecule has 2 aromatic carbocycles. The summed E-state index contributed by atoms with van der Waals surface area (Å²) >= 11 is 1.38. The quantitative estimate of drug-likeness (QED) is 0.399. The van der Waals surface area contributed by atoms with Crippen LogP contribution in [0.3, 0.4) is 0 Å². The molecule has 180 valence electrons. The molecule has 4 rings (SSSR count). The van der Waals surface area contributed by atoms with Gasteiger partial charge in [-0.1, -0.05) is 49.2 Å². The average Bonchev–Trinajstić information content (AvgIpc) is 3.28. The maximum absolute atomic E-state index is 13.6. The normalized spacial score (nSPS) is 15.4. The molecule has 0 spiro atoms. The molecular weight excluding hydrogens is 449 g/mol. The Morgan fingerprint density at radius 2 is 1.74 bits per heavy atom. The van der Waals surface area contributed by atoms with Crippen molar-refractivity contribution in [2.75, 3.05) is 24.7 Å². The van der Waals surface area contributed by atoms with Gasteiger partial charge in [-0.3, -0.25) is 14.3 Å². The average molecular weight is 482 g/mol. The molecule has 1 aliphatic carbocycles.